The molecule has 1 fully saturated rings. The van der Waals surface area contributed by atoms with E-state index in [2.05, 4.69) is 10.5 Å². The van der Waals surface area contributed by atoms with Gasteiger partial charge in [0.15, 0.2) is 11.5 Å². The van der Waals surface area contributed by atoms with Crippen LogP contribution in [0.15, 0.2) is 34.9 Å². The number of ether oxygens (including phenoxy) is 3. The van der Waals surface area contributed by atoms with E-state index in [1.54, 1.807) is 13.2 Å². The normalized spacial score (nSPS) is 16.8. The lowest BCUT2D eigenvalue weighted by Gasteiger charge is -2.07. The van der Waals surface area contributed by atoms with Gasteiger partial charge in [0.05, 0.1) is 20.3 Å². The molecule has 1 aromatic heterocycles. The summed E-state index contributed by atoms with van der Waals surface area (Å²) in [5.74, 6) is 1.43. The van der Waals surface area contributed by atoms with Crippen molar-refractivity contribution in [1.82, 2.24) is 10.5 Å². The fourth-order valence-corrected chi connectivity index (χ4v) is 2.59. The summed E-state index contributed by atoms with van der Waals surface area (Å²) in [6.07, 6.45) is 0.975. The number of nitrogens with zero attached hydrogens (tertiary/aromatic N) is 1. The standard InChI is InChI=1S/C18H22N2O5/c1-22-15-4-2-3-13(7-15)10-24-12-16-8-17(20-25-16)18(21)19-9-14-5-6-23-11-14/h2-4,7-8,14H,5-6,9-12H2,1H3,(H,19,21). The number of hydrogen-bond donors (Lipinski definition) is 1. The highest BCUT2D eigenvalue weighted by molar-refractivity contribution is 5.92. The number of amides is 1. The quantitative estimate of drug-likeness (QED) is 0.789. The zero-order valence-corrected chi connectivity index (χ0v) is 14.2. The molecule has 0 spiro atoms. The van der Waals surface area contributed by atoms with Crippen LogP contribution in [-0.2, 0) is 22.7 Å². The van der Waals surface area contributed by atoms with Gasteiger partial charge in [-0.1, -0.05) is 17.3 Å². The van der Waals surface area contributed by atoms with Crippen LogP contribution in [0.25, 0.3) is 0 Å². The summed E-state index contributed by atoms with van der Waals surface area (Å²) in [6, 6.07) is 9.25. The minimum Gasteiger partial charge on any atom is -0.497 e. The molecule has 1 aromatic carbocycles. The zero-order valence-electron chi connectivity index (χ0n) is 14.2. The molecule has 1 aliphatic heterocycles. The Balaban J connectivity index is 1.43. The van der Waals surface area contributed by atoms with Gasteiger partial charge in [0.1, 0.15) is 12.4 Å². The topological polar surface area (TPSA) is 82.8 Å². The summed E-state index contributed by atoms with van der Waals surface area (Å²) in [5, 5.41) is 6.65. The summed E-state index contributed by atoms with van der Waals surface area (Å²) < 4.78 is 21.2. The van der Waals surface area contributed by atoms with Gasteiger partial charge in [-0.25, -0.2) is 0 Å². The first-order valence-electron chi connectivity index (χ1n) is 8.27. The van der Waals surface area contributed by atoms with Crippen molar-refractivity contribution in [2.75, 3.05) is 26.9 Å². The largest absolute Gasteiger partial charge is 0.497 e. The Labute approximate surface area is 146 Å². The van der Waals surface area contributed by atoms with E-state index in [1.165, 1.54) is 0 Å². The Hall–Kier alpha value is -2.38. The number of carbonyl (C=O) groups is 1. The van der Waals surface area contributed by atoms with Gasteiger partial charge >= 0.3 is 0 Å². The first kappa shape index (κ1) is 17.4. The minimum absolute atomic E-state index is 0.241. The highest BCUT2D eigenvalue weighted by atomic mass is 16.5. The molecule has 1 aliphatic rings. The second-order valence-corrected chi connectivity index (χ2v) is 5.96. The molecule has 7 nitrogen and oxygen atoms in total. The van der Waals surface area contributed by atoms with Crippen LogP contribution in [0.2, 0.25) is 0 Å². The van der Waals surface area contributed by atoms with Gasteiger partial charge < -0.3 is 24.1 Å². The Morgan fingerprint density at radius 3 is 3.08 bits per heavy atom. The highest BCUT2D eigenvalue weighted by Crippen LogP contribution is 2.15. The van der Waals surface area contributed by atoms with E-state index in [1.807, 2.05) is 24.3 Å². The van der Waals surface area contributed by atoms with E-state index in [0.29, 0.717) is 31.4 Å². The molecule has 25 heavy (non-hydrogen) atoms. The number of rotatable bonds is 8. The van der Waals surface area contributed by atoms with E-state index >= 15 is 0 Å². The smallest absolute Gasteiger partial charge is 0.273 e. The lowest BCUT2D eigenvalue weighted by atomic mass is 10.1. The number of nitrogens with one attached hydrogen (secondary N) is 1. The summed E-state index contributed by atoms with van der Waals surface area (Å²) in [7, 11) is 1.63. The molecule has 134 valence electrons. The van der Waals surface area contributed by atoms with Crippen molar-refractivity contribution in [2.45, 2.75) is 19.6 Å². The van der Waals surface area contributed by atoms with Gasteiger partial charge in [-0.15, -0.1) is 0 Å². The molecule has 2 aromatic rings. The summed E-state index contributed by atoms with van der Waals surface area (Å²) in [6.45, 7) is 2.71. The van der Waals surface area contributed by atoms with Gasteiger partial charge in [0.25, 0.3) is 5.91 Å². The van der Waals surface area contributed by atoms with Crippen LogP contribution >= 0.6 is 0 Å². The van der Waals surface area contributed by atoms with Crippen molar-refractivity contribution in [3.05, 3.63) is 47.3 Å². The molecule has 0 bridgehead atoms. The molecule has 3 rings (SSSR count). The lowest BCUT2D eigenvalue weighted by molar-refractivity contribution is 0.0876. The van der Waals surface area contributed by atoms with E-state index in [4.69, 9.17) is 18.7 Å². The van der Waals surface area contributed by atoms with E-state index in [-0.39, 0.29) is 18.2 Å². The fraction of sp³-hybridized carbons (Fsp3) is 0.444. The Kier molecular flexibility index (Phi) is 6.03. The van der Waals surface area contributed by atoms with Crippen LogP contribution in [0.5, 0.6) is 5.75 Å². The highest BCUT2D eigenvalue weighted by Gasteiger charge is 2.18. The SMILES string of the molecule is COc1cccc(COCc2cc(C(=O)NCC3CCOC3)no2)c1. The van der Waals surface area contributed by atoms with Crippen molar-refractivity contribution >= 4 is 5.91 Å². The van der Waals surface area contributed by atoms with E-state index in [0.717, 1.165) is 24.3 Å². The van der Waals surface area contributed by atoms with E-state index < -0.39 is 0 Å². The molecule has 0 aliphatic carbocycles. The van der Waals surface area contributed by atoms with Crippen LogP contribution in [-0.4, -0.2) is 37.9 Å². The molecule has 0 radical (unpaired) electrons. The zero-order chi connectivity index (χ0) is 17.5. The van der Waals surface area contributed by atoms with Crippen molar-refractivity contribution in [2.24, 2.45) is 5.92 Å². The summed E-state index contributed by atoms with van der Waals surface area (Å²) in [5.41, 5.74) is 1.26. The number of benzene rings is 1. The monoisotopic (exact) mass is 346 g/mol. The van der Waals surface area contributed by atoms with Crippen LogP contribution in [0, 0.1) is 5.92 Å². The van der Waals surface area contributed by atoms with Gasteiger partial charge in [-0.05, 0) is 24.1 Å². The van der Waals surface area contributed by atoms with Crippen LogP contribution < -0.4 is 10.1 Å². The molecular formula is C18H22N2O5. The van der Waals surface area contributed by atoms with Gasteiger partial charge in [-0.2, -0.15) is 0 Å². The molecule has 1 saturated heterocycles. The Bertz CT molecular complexity index is 694. The third kappa shape index (κ3) is 5.04. The van der Waals surface area contributed by atoms with Crippen LogP contribution in [0.3, 0.4) is 0 Å². The van der Waals surface area contributed by atoms with Gasteiger partial charge in [-0.3, -0.25) is 4.79 Å². The van der Waals surface area contributed by atoms with Crippen molar-refractivity contribution < 1.29 is 23.5 Å². The average Bonchev–Trinajstić information content (AvgIpc) is 3.32. The first-order valence-corrected chi connectivity index (χ1v) is 8.27. The minimum atomic E-state index is -0.241. The number of carbonyl (C=O) groups excluding carboxylic acids is 1. The molecule has 1 N–H and O–H groups in total. The Morgan fingerprint density at radius 2 is 2.28 bits per heavy atom. The van der Waals surface area contributed by atoms with Gasteiger partial charge in [0.2, 0.25) is 0 Å². The maximum atomic E-state index is 12.1. The van der Waals surface area contributed by atoms with Crippen molar-refractivity contribution in [3.63, 3.8) is 0 Å². The van der Waals surface area contributed by atoms with Gasteiger partial charge in [0, 0.05) is 25.1 Å². The second kappa shape index (κ2) is 8.64. The van der Waals surface area contributed by atoms with Crippen molar-refractivity contribution in [3.8, 4) is 5.75 Å². The predicted molar refractivity (Wildman–Crippen MR) is 89.2 cm³/mol. The van der Waals surface area contributed by atoms with Crippen molar-refractivity contribution in [1.29, 1.82) is 0 Å². The third-order valence-electron chi connectivity index (χ3n) is 4.01. The third-order valence-corrected chi connectivity index (χ3v) is 4.01. The maximum absolute atomic E-state index is 12.1. The predicted octanol–water partition coefficient (Wildman–Crippen LogP) is 2.17. The molecule has 7 heteroatoms. The first-order chi connectivity index (χ1) is 12.2. The summed E-state index contributed by atoms with van der Waals surface area (Å²) >= 11 is 0. The second-order valence-electron chi connectivity index (χ2n) is 5.96. The molecular weight excluding hydrogens is 324 g/mol. The summed E-state index contributed by atoms with van der Waals surface area (Å²) in [4.78, 5) is 12.1. The van der Waals surface area contributed by atoms with Crippen LogP contribution in [0.1, 0.15) is 28.2 Å². The Morgan fingerprint density at radius 1 is 1.36 bits per heavy atom. The molecule has 1 atom stereocenters. The molecule has 1 unspecified atom stereocenters. The molecule has 0 saturated carbocycles. The lowest BCUT2D eigenvalue weighted by Crippen LogP contribution is -2.29. The van der Waals surface area contributed by atoms with Crippen LogP contribution in [0.4, 0.5) is 0 Å². The number of aromatic nitrogens is 1. The molecule has 1 amide bonds. The fourth-order valence-electron chi connectivity index (χ4n) is 2.59. The van der Waals surface area contributed by atoms with E-state index in [9.17, 15) is 4.79 Å². The average molecular weight is 346 g/mol. The number of methoxy groups -OCH3 is 1. The molecule has 2 heterocycles. The number of hydrogen-bond acceptors (Lipinski definition) is 6. The maximum Gasteiger partial charge on any atom is 0.273 e.